The normalized spacial score (nSPS) is 13.1. The van der Waals surface area contributed by atoms with Crippen molar-refractivity contribution in [2.75, 3.05) is 0 Å². The minimum Gasteiger partial charge on any atom is -0.0961 e. The van der Waals surface area contributed by atoms with Crippen molar-refractivity contribution in [2.24, 2.45) is 0 Å². The Labute approximate surface area is 293 Å². The van der Waals surface area contributed by atoms with Crippen molar-refractivity contribution in [1.29, 1.82) is 0 Å². The first-order chi connectivity index (χ1) is 24.6. The van der Waals surface area contributed by atoms with Crippen LogP contribution in [0.15, 0.2) is 170 Å². The third-order valence-electron chi connectivity index (χ3n) is 10.7. The van der Waals surface area contributed by atoms with Crippen LogP contribution in [0.3, 0.4) is 0 Å². The molecule has 0 bridgehead atoms. The number of hydrogen-bond donors (Lipinski definition) is 0. The zero-order valence-electron chi connectivity index (χ0n) is 28.2. The highest BCUT2D eigenvalue weighted by atomic mass is 14.3. The molecule has 0 saturated heterocycles. The highest BCUT2D eigenvalue weighted by molar-refractivity contribution is 6.28. The zero-order valence-corrected chi connectivity index (χ0v) is 28.2. The van der Waals surface area contributed by atoms with Crippen LogP contribution in [-0.2, 0) is 0 Å². The van der Waals surface area contributed by atoms with Gasteiger partial charge in [0.25, 0.3) is 0 Å². The summed E-state index contributed by atoms with van der Waals surface area (Å²) in [5.74, 6) is 0. The van der Waals surface area contributed by atoms with E-state index in [2.05, 4.69) is 178 Å². The van der Waals surface area contributed by atoms with E-state index >= 15 is 0 Å². The fourth-order valence-electron chi connectivity index (χ4n) is 8.86. The van der Waals surface area contributed by atoms with E-state index in [9.17, 15) is 0 Å². The predicted molar refractivity (Wildman–Crippen MR) is 214 cm³/mol. The molecule has 0 radical (unpaired) electrons. The molecule has 10 rings (SSSR count). The van der Waals surface area contributed by atoms with Gasteiger partial charge in [-0.3, -0.25) is 0 Å². The summed E-state index contributed by atoms with van der Waals surface area (Å²) in [7, 11) is 0. The Bertz CT molecular complexity index is 2670. The van der Waals surface area contributed by atoms with Crippen LogP contribution in [0.4, 0.5) is 0 Å². The van der Waals surface area contributed by atoms with Crippen LogP contribution in [0, 0.1) is 6.92 Å². The van der Waals surface area contributed by atoms with E-state index < -0.39 is 0 Å². The topological polar surface area (TPSA) is 0 Å². The maximum Gasteiger partial charge on any atom is -0.000741 e. The van der Waals surface area contributed by atoms with Gasteiger partial charge in [0, 0.05) is 0 Å². The number of fused-ring (bicyclic) bond motifs is 7. The highest BCUT2D eigenvalue weighted by Crippen LogP contribution is 2.59. The van der Waals surface area contributed by atoms with Crippen molar-refractivity contribution in [2.45, 2.75) is 13.8 Å². The molecule has 0 heterocycles. The molecule has 0 unspecified atom stereocenters. The summed E-state index contributed by atoms with van der Waals surface area (Å²) in [5, 5.41) is 5.20. The van der Waals surface area contributed by atoms with E-state index in [-0.39, 0.29) is 0 Å². The van der Waals surface area contributed by atoms with Gasteiger partial charge in [-0.15, -0.1) is 0 Å². The van der Waals surface area contributed by atoms with E-state index in [1.165, 1.54) is 111 Å². The van der Waals surface area contributed by atoms with Gasteiger partial charge in [-0.25, -0.2) is 0 Å². The van der Waals surface area contributed by atoms with E-state index in [0.29, 0.717) is 0 Å². The molecule has 0 nitrogen and oxygen atoms in total. The van der Waals surface area contributed by atoms with Crippen LogP contribution in [0.5, 0.6) is 0 Å². The molecule has 0 heteroatoms. The Balaban J connectivity index is 1.29. The van der Waals surface area contributed by atoms with Crippen LogP contribution in [0.25, 0.3) is 93.9 Å². The summed E-state index contributed by atoms with van der Waals surface area (Å²) in [6.45, 7) is 8.57. The molecule has 2 aliphatic carbocycles. The number of aryl methyl sites for hydroxylation is 1. The first kappa shape index (κ1) is 28.7. The minimum absolute atomic E-state index is 1.07. The van der Waals surface area contributed by atoms with Crippen LogP contribution < -0.4 is 0 Å². The molecule has 8 aromatic carbocycles. The molecule has 0 spiro atoms. The lowest BCUT2D eigenvalue weighted by Crippen LogP contribution is -1.93. The van der Waals surface area contributed by atoms with Gasteiger partial charge < -0.3 is 0 Å². The largest absolute Gasteiger partial charge is 0.0961 e. The van der Waals surface area contributed by atoms with E-state index in [1.807, 2.05) is 0 Å². The summed E-state index contributed by atoms with van der Waals surface area (Å²) in [6.07, 6.45) is 2.24. The minimum atomic E-state index is 1.07. The number of hydrogen-bond acceptors (Lipinski definition) is 0. The lowest BCUT2D eigenvalue weighted by Gasteiger charge is -2.20. The Morgan fingerprint density at radius 1 is 0.420 bits per heavy atom. The SMILES string of the molecule is C=C(C)/C=C1/c2ccccc2-c2cc(-c3ccc4c5c(cccc35)-c3c-4c(-c4ccccc4)c4ccccc4c3-c3ccccc3)cc(C)c21. The molecule has 8 aromatic rings. The monoisotopic (exact) mass is 634 g/mol. The molecule has 50 heavy (non-hydrogen) atoms. The van der Waals surface area contributed by atoms with Gasteiger partial charge in [-0.05, 0) is 130 Å². The molecule has 0 saturated carbocycles. The van der Waals surface area contributed by atoms with Crippen molar-refractivity contribution in [3.05, 3.63) is 187 Å². The maximum atomic E-state index is 4.23. The molecule has 234 valence electrons. The van der Waals surface area contributed by atoms with E-state index in [1.54, 1.807) is 0 Å². The molecule has 0 amide bonds. The van der Waals surface area contributed by atoms with Gasteiger partial charge in [0.1, 0.15) is 0 Å². The first-order valence-electron chi connectivity index (χ1n) is 17.5. The molecule has 0 aromatic heterocycles. The quantitative estimate of drug-likeness (QED) is 0.181. The van der Waals surface area contributed by atoms with Gasteiger partial charge in [0.05, 0.1) is 0 Å². The second-order valence-corrected chi connectivity index (χ2v) is 13.8. The fourth-order valence-corrected chi connectivity index (χ4v) is 8.86. The average Bonchev–Trinajstić information content (AvgIpc) is 3.65. The van der Waals surface area contributed by atoms with Crippen LogP contribution in [0.2, 0.25) is 0 Å². The average molecular weight is 635 g/mol. The number of benzene rings is 8. The van der Waals surface area contributed by atoms with Crippen LogP contribution >= 0.6 is 0 Å². The van der Waals surface area contributed by atoms with E-state index in [0.717, 1.165) is 5.57 Å². The third-order valence-corrected chi connectivity index (χ3v) is 10.7. The van der Waals surface area contributed by atoms with E-state index in [4.69, 9.17) is 0 Å². The van der Waals surface area contributed by atoms with Crippen molar-refractivity contribution in [3.8, 4) is 66.8 Å². The summed E-state index contributed by atoms with van der Waals surface area (Å²) in [6, 6.07) is 56.2. The lowest BCUT2D eigenvalue weighted by molar-refractivity contribution is 1.44. The Morgan fingerprint density at radius 2 is 0.940 bits per heavy atom. The third kappa shape index (κ3) is 4.06. The predicted octanol–water partition coefficient (Wildman–Crippen LogP) is 13.9. The van der Waals surface area contributed by atoms with Gasteiger partial charge in [0.2, 0.25) is 0 Å². The standard InChI is InChI=1S/C50H34/c1-30(2)27-43-36-19-10-11-20-37(36)44-29-34(28-31(3)45(43)44)35-25-26-42-48-38(35)23-14-24-41(48)49-46(32-15-6-4-7-16-32)39-21-12-13-22-40(39)47(50(42)49)33-17-8-5-9-18-33/h4-29H,1H2,2-3H3/b43-27-. The second kappa shape index (κ2) is 10.9. The van der Waals surface area contributed by atoms with Gasteiger partial charge in [0.15, 0.2) is 0 Å². The van der Waals surface area contributed by atoms with Crippen LogP contribution in [0.1, 0.15) is 23.6 Å². The molecule has 0 N–H and O–H groups in total. The number of allylic oxidation sites excluding steroid dienone is 2. The van der Waals surface area contributed by atoms with Gasteiger partial charge in [-0.2, -0.15) is 0 Å². The van der Waals surface area contributed by atoms with Crippen molar-refractivity contribution >= 4 is 27.1 Å². The lowest BCUT2D eigenvalue weighted by atomic mass is 9.82. The summed E-state index contributed by atoms with van der Waals surface area (Å²) >= 11 is 0. The second-order valence-electron chi connectivity index (χ2n) is 13.8. The van der Waals surface area contributed by atoms with Gasteiger partial charge in [-0.1, -0.05) is 164 Å². The summed E-state index contributed by atoms with van der Waals surface area (Å²) < 4.78 is 0. The van der Waals surface area contributed by atoms with Gasteiger partial charge >= 0.3 is 0 Å². The Morgan fingerprint density at radius 3 is 1.58 bits per heavy atom. The molecular weight excluding hydrogens is 601 g/mol. The maximum absolute atomic E-state index is 4.23. The van der Waals surface area contributed by atoms with Crippen molar-refractivity contribution in [3.63, 3.8) is 0 Å². The van der Waals surface area contributed by atoms with Crippen LogP contribution in [-0.4, -0.2) is 0 Å². The number of rotatable bonds is 4. The molecular formula is C50H34. The Hall–Kier alpha value is -6.24. The summed E-state index contributed by atoms with van der Waals surface area (Å²) in [5.41, 5.74) is 21.8. The molecule has 0 atom stereocenters. The van der Waals surface area contributed by atoms with Crippen molar-refractivity contribution < 1.29 is 0 Å². The molecule has 2 aliphatic rings. The molecule has 0 fully saturated rings. The molecule has 0 aliphatic heterocycles. The highest BCUT2D eigenvalue weighted by Gasteiger charge is 2.32. The Kier molecular flexibility index (Phi) is 6.26. The smallest absolute Gasteiger partial charge is 0.000741 e. The summed E-state index contributed by atoms with van der Waals surface area (Å²) in [4.78, 5) is 0. The van der Waals surface area contributed by atoms with Crippen molar-refractivity contribution in [1.82, 2.24) is 0 Å². The fraction of sp³-hybridized carbons (Fsp3) is 0.0400. The first-order valence-corrected chi connectivity index (χ1v) is 17.5. The zero-order chi connectivity index (χ0) is 33.5.